The van der Waals surface area contributed by atoms with Gasteiger partial charge in [0, 0.05) is 22.9 Å². The molecule has 0 saturated heterocycles. The summed E-state index contributed by atoms with van der Waals surface area (Å²) in [5.74, 6) is 0. The zero-order chi connectivity index (χ0) is 14.9. The van der Waals surface area contributed by atoms with Crippen molar-refractivity contribution in [2.24, 2.45) is 0 Å². The topological polar surface area (TPSA) is 42.7 Å². The molecule has 110 valence electrons. The van der Waals surface area contributed by atoms with Crippen LogP contribution in [0.4, 0.5) is 4.79 Å². The van der Waals surface area contributed by atoms with Crippen molar-refractivity contribution in [1.82, 2.24) is 4.90 Å². The number of hydrogen-bond donors (Lipinski definition) is 0. The Morgan fingerprint density at radius 3 is 2.70 bits per heavy atom. The van der Waals surface area contributed by atoms with E-state index in [1.165, 1.54) is 0 Å². The number of pyridine rings is 1. The van der Waals surface area contributed by atoms with E-state index in [1.54, 1.807) is 22.8 Å². The molecule has 0 N–H and O–H groups in total. The number of carbonyl (C=O) groups is 1. The fourth-order valence-corrected chi connectivity index (χ4v) is 2.44. The van der Waals surface area contributed by atoms with Crippen LogP contribution < -0.4 is 9.57 Å². The standard InChI is InChI=1S/C14H20ClN2O3/c1-14(2,3)20-13(18)16-8-7-11-10(9-16)5-6-12(15)17(11)19-4/h5-6H,7-9H2,1-4H3/q+1. The molecule has 0 bridgehead atoms. The van der Waals surface area contributed by atoms with E-state index < -0.39 is 5.60 Å². The Bertz CT molecular complexity index is 526. The summed E-state index contributed by atoms with van der Waals surface area (Å²) >= 11 is 6.08. The Kier molecular flexibility index (Phi) is 4.09. The third kappa shape index (κ3) is 3.15. The molecule has 0 aliphatic carbocycles. The van der Waals surface area contributed by atoms with Crippen LogP contribution in [0.3, 0.4) is 0 Å². The third-order valence-corrected chi connectivity index (χ3v) is 3.33. The molecule has 0 atom stereocenters. The van der Waals surface area contributed by atoms with E-state index in [9.17, 15) is 4.79 Å². The molecule has 0 saturated carbocycles. The summed E-state index contributed by atoms with van der Waals surface area (Å²) in [5.41, 5.74) is 1.54. The Morgan fingerprint density at radius 1 is 1.40 bits per heavy atom. The molecule has 0 spiro atoms. The fraction of sp³-hybridized carbons (Fsp3) is 0.571. The normalized spacial score (nSPS) is 14.8. The Labute approximate surface area is 124 Å². The number of aromatic nitrogens is 1. The van der Waals surface area contributed by atoms with Gasteiger partial charge in [-0.2, -0.15) is 0 Å². The van der Waals surface area contributed by atoms with E-state index >= 15 is 0 Å². The second-order valence-electron chi connectivity index (χ2n) is 5.76. The van der Waals surface area contributed by atoms with Crippen molar-refractivity contribution >= 4 is 17.7 Å². The molecule has 1 amide bonds. The van der Waals surface area contributed by atoms with Crippen LogP contribution in [-0.4, -0.2) is 30.2 Å². The number of fused-ring (bicyclic) bond motifs is 1. The highest BCUT2D eigenvalue weighted by atomic mass is 35.5. The highest BCUT2D eigenvalue weighted by Crippen LogP contribution is 2.20. The van der Waals surface area contributed by atoms with E-state index in [0.29, 0.717) is 24.7 Å². The lowest BCUT2D eigenvalue weighted by Gasteiger charge is -2.29. The summed E-state index contributed by atoms with van der Waals surface area (Å²) < 4.78 is 7.00. The second-order valence-corrected chi connectivity index (χ2v) is 6.14. The first-order valence-corrected chi connectivity index (χ1v) is 6.94. The molecule has 1 aliphatic rings. The van der Waals surface area contributed by atoms with Crippen LogP contribution in [0.2, 0.25) is 5.15 Å². The van der Waals surface area contributed by atoms with E-state index in [-0.39, 0.29) is 6.09 Å². The highest BCUT2D eigenvalue weighted by Gasteiger charge is 2.32. The van der Waals surface area contributed by atoms with Gasteiger partial charge in [-0.3, -0.25) is 4.84 Å². The van der Waals surface area contributed by atoms with E-state index in [0.717, 1.165) is 11.3 Å². The van der Waals surface area contributed by atoms with Gasteiger partial charge in [-0.1, -0.05) is 0 Å². The average Bonchev–Trinajstić information content (AvgIpc) is 2.36. The van der Waals surface area contributed by atoms with Gasteiger partial charge in [0.2, 0.25) is 5.69 Å². The lowest BCUT2D eigenvalue weighted by molar-refractivity contribution is -0.889. The van der Waals surface area contributed by atoms with Gasteiger partial charge in [-0.05, 0) is 38.4 Å². The van der Waals surface area contributed by atoms with Crippen molar-refractivity contribution < 1.29 is 19.1 Å². The summed E-state index contributed by atoms with van der Waals surface area (Å²) in [6, 6.07) is 3.69. The Morgan fingerprint density at radius 2 is 2.10 bits per heavy atom. The van der Waals surface area contributed by atoms with Crippen molar-refractivity contribution in [3.63, 3.8) is 0 Å². The summed E-state index contributed by atoms with van der Waals surface area (Å²) in [6.45, 7) is 6.68. The van der Waals surface area contributed by atoms with Crippen molar-refractivity contribution in [1.29, 1.82) is 0 Å². The van der Waals surface area contributed by atoms with Crippen molar-refractivity contribution in [3.8, 4) is 0 Å². The number of halogens is 1. The molecule has 0 radical (unpaired) electrons. The Balaban J connectivity index is 2.18. The molecule has 1 aliphatic heterocycles. The minimum absolute atomic E-state index is 0.290. The predicted molar refractivity (Wildman–Crippen MR) is 74.5 cm³/mol. The fourth-order valence-electron chi connectivity index (χ4n) is 2.20. The molecule has 0 unspecified atom stereocenters. The summed E-state index contributed by atoms with van der Waals surface area (Å²) in [4.78, 5) is 19.1. The average molecular weight is 300 g/mol. The third-order valence-electron chi connectivity index (χ3n) is 3.05. The van der Waals surface area contributed by atoms with Gasteiger partial charge < -0.3 is 9.64 Å². The zero-order valence-electron chi connectivity index (χ0n) is 12.3. The molecule has 1 aromatic rings. The van der Waals surface area contributed by atoms with Gasteiger partial charge in [-0.15, -0.1) is 0 Å². The first-order chi connectivity index (χ1) is 9.31. The molecular formula is C14H20ClN2O3+. The number of nitrogens with zero attached hydrogens (tertiary/aromatic N) is 2. The lowest BCUT2D eigenvalue weighted by Crippen LogP contribution is -2.50. The van der Waals surface area contributed by atoms with Crippen LogP contribution in [0, 0.1) is 0 Å². The van der Waals surface area contributed by atoms with Crippen molar-refractivity contribution in [2.75, 3.05) is 13.7 Å². The van der Waals surface area contributed by atoms with Crippen LogP contribution in [-0.2, 0) is 17.7 Å². The summed E-state index contributed by atoms with van der Waals surface area (Å²) in [5, 5.41) is 0.525. The van der Waals surface area contributed by atoms with Crippen molar-refractivity contribution in [3.05, 3.63) is 28.5 Å². The van der Waals surface area contributed by atoms with Crippen molar-refractivity contribution in [2.45, 2.75) is 39.3 Å². The van der Waals surface area contributed by atoms with Gasteiger partial charge in [-0.25, -0.2) is 4.79 Å². The second kappa shape index (κ2) is 5.48. The van der Waals surface area contributed by atoms with E-state index in [4.69, 9.17) is 21.2 Å². The minimum Gasteiger partial charge on any atom is -0.444 e. The summed E-state index contributed by atoms with van der Waals surface area (Å²) in [6.07, 6.45) is 0.394. The maximum Gasteiger partial charge on any atom is 0.410 e. The number of ether oxygens (including phenoxy) is 1. The van der Waals surface area contributed by atoms with Gasteiger partial charge >= 0.3 is 11.2 Å². The van der Waals surface area contributed by atoms with Crippen LogP contribution >= 0.6 is 11.6 Å². The molecule has 0 aromatic carbocycles. The monoisotopic (exact) mass is 299 g/mol. The van der Waals surface area contributed by atoms with Gasteiger partial charge in [0.05, 0.1) is 13.0 Å². The molecule has 1 aromatic heterocycles. The molecule has 5 nitrogen and oxygen atoms in total. The minimum atomic E-state index is -0.482. The van der Waals surface area contributed by atoms with Gasteiger partial charge in [0.1, 0.15) is 12.7 Å². The highest BCUT2D eigenvalue weighted by molar-refractivity contribution is 6.28. The maximum absolute atomic E-state index is 12.1. The lowest BCUT2D eigenvalue weighted by atomic mass is 10.1. The largest absolute Gasteiger partial charge is 0.444 e. The number of rotatable bonds is 1. The SMILES string of the molecule is CO[n+]1c(Cl)ccc2c1CCN(C(=O)OC(C)(C)C)C2. The first-order valence-electron chi connectivity index (χ1n) is 6.56. The molecule has 6 heteroatoms. The molecular weight excluding hydrogens is 280 g/mol. The van der Waals surface area contributed by atoms with Gasteiger partial charge in [0.25, 0.3) is 0 Å². The first kappa shape index (κ1) is 14.9. The predicted octanol–water partition coefficient (Wildman–Crippen LogP) is 1.98. The quantitative estimate of drug-likeness (QED) is 0.588. The van der Waals surface area contributed by atoms with Crippen LogP contribution in [0.25, 0.3) is 0 Å². The van der Waals surface area contributed by atoms with E-state index in [2.05, 4.69) is 0 Å². The zero-order valence-corrected chi connectivity index (χ0v) is 13.0. The van der Waals surface area contributed by atoms with Crippen LogP contribution in [0.1, 0.15) is 32.0 Å². The molecule has 0 fully saturated rings. The molecule has 2 rings (SSSR count). The number of amides is 1. The number of carbonyl (C=O) groups excluding carboxylic acids is 1. The molecule has 2 heterocycles. The maximum atomic E-state index is 12.1. The van der Waals surface area contributed by atoms with Crippen LogP contribution in [0.15, 0.2) is 12.1 Å². The Hall–Kier alpha value is -1.49. The molecule has 20 heavy (non-hydrogen) atoms. The van der Waals surface area contributed by atoms with Gasteiger partial charge in [0.15, 0.2) is 0 Å². The number of hydrogen-bond acceptors (Lipinski definition) is 3. The smallest absolute Gasteiger partial charge is 0.410 e. The van der Waals surface area contributed by atoms with Crippen LogP contribution in [0.5, 0.6) is 0 Å². The van der Waals surface area contributed by atoms with E-state index in [1.807, 2.05) is 26.8 Å². The summed E-state index contributed by atoms with van der Waals surface area (Å²) in [7, 11) is 1.58.